The van der Waals surface area contributed by atoms with Gasteiger partial charge in [0.2, 0.25) is 0 Å². The summed E-state index contributed by atoms with van der Waals surface area (Å²) in [5.74, 6) is -28.6. The van der Waals surface area contributed by atoms with Crippen LogP contribution in [0.5, 0.6) is 0 Å². The maximum Gasteiger partial charge on any atom is 0.338 e. The quantitative estimate of drug-likeness (QED) is 0.0150. The third-order valence-electron chi connectivity index (χ3n) is 23.5. The number of aromatic nitrogens is 3. The van der Waals surface area contributed by atoms with Crippen LogP contribution in [0.3, 0.4) is 0 Å². The van der Waals surface area contributed by atoms with Crippen LogP contribution in [0, 0.1) is 42.9 Å². The standard InChI is InChI=1S/C24H22ClF3N4O4.C23H20ClF5N4O4S.C23H19ClF4N4O4.C23H21ClF3N3O4S/c1-12-4-3-7-29-19(12)21-30-16(10-32-11-24(27,28)9-17(32)22(33)34)18(23(35)36-2)20(31-21)14-6-5-13(26)8-15(14)25;1-22(26,27)15-8-38-19(31-15)18-30-13(7-33-9-23(28,29)6-14(33)20(34)35)16(21(36)37-2)17(32-18)11-4-3-10(25)5-12(11)24;1-36-22(35)17-15(9-32-10-23(27,28)8-16(32)21(33)34)30-20(19-14(26)3-2-6-29-19)31-18(17)12-5-4-11(25)7-13(12)24;1-11-5-17(35-9-11)20-28-15(8-30-10-23(26,27)7-16(30)21(31)32)18(22(33)34-2)19(29-20)13-4-3-12(25)6-14(13)24/h3-8,17,20H,9-11H2,1-2H3,(H,30,31)(H,33,34);3-5,8,14,17H,6-7,9H2,1-2H3,(H,30,32)(H,34,35);2-7,16,18H,8-10H2,1H3,(H,30,31)(H,33,34);3-6,9,16,19H,7-8,10H2,1-2H3,(H,28,29)(H,31,32)/t17-,20-;14-,17-;16-,18-;16-,19-/m0000/s1. The molecule has 4 aromatic heterocycles. The van der Waals surface area contributed by atoms with Crippen molar-refractivity contribution >= 4 is 140 Å². The van der Waals surface area contributed by atoms with E-state index in [4.69, 9.17) is 65.4 Å². The molecule has 8 aliphatic rings. The Kier molecular flexibility index (Phi) is 33.6. The fourth-order valence-corrected chi connectivity index (χ4v) is 19.8. The first-order valence-corrected chi connectivity index (χ1v) is 46.2. The number of aryl methyl sites for hydroxylation is 2. The molecule has 8 atom stereocenters. The van der Waals surface area contributed by atoms with Gasteiger partial charge < -0.3 is 60.6 Å². The summed E-state index contributed by atoms with van der Waals surface area (Å²) in [6.45, 7) is -0.719. The topological polar surface area (TPSA) is 404 Å². The van der Waals surface area contributed by atoms with Gasteiger partial charge in [0, 0.05) is 142 Å². The van der Waals surface area contributed by atoms with Gasteiger partial charge in [-0.25, -0.2) is 86.2 Å². The number of rotatable bonds is 25. The number of hydrogen-bond donors (Lipinski definition) is 8. The van der Waals surface area contributed by atoms with Gasteiger partial charge in [0.15, 0.2) is 28.3 Å². The van der Waals surface area contributed by atoms with E-state index in [2.05, 4.69) is 56.2 Å². The van der Waals surface area contributed by atoms with Crippen molar-refractivity contribution in [3.8, 4) is 0 Å². The highest BCUT2D eigenvalue weighted by Gasteiger charge is 2.54. The average Bonchev–Trinajstić information content (AvgIpc) is 1.76. The summed E-state index contributed by atoms with van der Waals surface area (Å²) in [5.41, 5.74) is 1.79. The molecule has 0 bridgehead atoms. The third-order valence-corrected chi connectivity index (χ3v) is 26.8. The molecule has 8 aliphatic heterocycles. The number of ether oxygens (including phenoxy) is 4. The second kappa shape index (κ2) is 44.6. The molecule has 12 heterocycles. The number of hydrogen-bond acceptors (Lipinski definition) is 29. The molecule has 0 radical (unpaired) electrons. The summed E-state index contributed by atoms with van der Waals surface area (Å²) >= 11 is 27.3. The highest BCUT2D eigenvalue weighted by Crippen LogP contribution is 2.47. The number of nitrogens with one attached hydrogen (secondary N) is 4. The number of amidine groups is 4. The molecular weight excluding hydrogens is 2070 g/mol. The maximum absolute atomic E-state index is 14.6. The Hall–Kier alpha value is -12.9. The molecule has 0 spiro atoms. The SMILES string of the molecule is COC(=O)C1=C(CN2CC(F)(F)C[C@H]2C(=O)O)NC(c2cc(C)cs2)=N[C@H]1c1ccc(F)cc1Cl.COC(=O)C1=C(CN2CC(F)(F)C[C@H]2C(=O)O)NC(c2nc(C(C)(F)F)cs2)=N[C@H]1c1ccc(F)cc1Cl.COC(=O)C1=C(CN2CC(F)(F)C[C@H]2C(=O)O)NC(c2ncccc2C)=N[C@H]1c1ccc(F)cc1Cl.COC(=O)C1=C(CN2CC(F)(F)C[C@H]2C(=O)O)NC(c2ncccc2F)=N[C@H]1c1ccc(F)cc1Cl. The number of benzene rings is 4. The normalized spacial score (nSPS) is 21.8. The van der Waals surface area contributed by atoms with Crippen molar-refractivity contribution in [1.29, 1.82) is 0 Å². The number of alkyl halides is 10. The molecule has 4 fully saturated rings. The number of likely N-dealkylation sites (tertiary alicyclic amines) is 4. The molecule has 4 saturated heterocycles. The molecule has 16 rings (SSSR count). The number of aliphatic carboxylic acids is 4. The number of aliphatic imine (C=N–C) groups is 4. The molecule has 145 heavy (non-hydrogen) atoms. The minimum absolute atomic E-state index is 0.0132. The van der Waals surface area contributed by atoms with E-state index in [0.29, 0.717) is 28.9 Å². The van der Waals surface area contributed by atoms with Crippen LogP contribution in [-0.4, -0.2) is 255 Å². The minimum Gasteiger partial charge on any atom is -0.480 e. The lowest BCUT2D eigenvalue weighted by atomic mass is 9.94. The number of carboxylic acid groups (broad SMARTS) is 4. The Morgan fingerprint density at radius 3 is 1.00 bits per heavy atom. The van der Waals surface area contributed by atoms with Gasteiger partial charge >= 0.3 is 47.8 Å². The van der Waals surface area contributed by atoms with E-state index >= 15 is 0 Å². The van der Waals surface area contributed by atoms with Crippen LogP contribution in [0.25, 0.3) is 0 Å². The fraction of sp³-hybridized carbons (Fsp3) is 0.344. The minimum atomic E-state index is -3.31. The predicted molar refractivity (Wildman–Crippen MR) is 496 cm³/mol. The molecule has 8 N–H and O–H groups in total. The van der Waals surface area contributed by atoms with Crippen molar-refractivity contribution in [2.75, 3.05) is 80.8 Å². The van der Waals surface area contributed by atoms with E-state index in [1.807, 2.05) is 18.4 Å². The van der Waals surface area contributed by atoms with Gasteiger partial charge in [0.1, 0.15) is 94.5 Å². The fourth-order valence-electron chi connectivity index (χ4n) is 17.0. The lowest BCUT2D eigenvalue weighted by Crippen LogP contribution is -2.43. The summed E-state index contributed by atoms with van der Waals surface area (Å²) in [5, 5.41) is 52.3. The number of thiophene rings is 1. The van der Waals surface area contributed by atoms with Crippen molar-refractivity contribution in [3.63, 3.8) is 0 Å². The zero-order valence-corrected chi connectivity index (χ0v) is 81.0. The highest BCUT2D eigenvalue weighted by atomic mass is 35.5. The van der Waals surface area contributed by atoms with Crippen molar-refractivity contribution in [1.82, 2.24) is 55.8 Å². The zero-order chi connectivity index (χ0) is 106. The molecule has 52 heteroatoms. The molecule has 8 aromatic rings. The van der Waals surface area contributed by atoms with Crippen molar-refractivity contribution in [3.05, 3.63) is 281 Å². The molecule has 770 valence electrons. The van der Waals surface area contributed by atoms with E-state index < -0.39 is 225 Å². The van der Waals surface area contributed by atoms with Crippen molar-refractivity contribution in [2.45, 2.75) is 124 Å². The largest absolute Gasteiger partial charge is 0.480 e. The van der Waals surface area contributed by atoms with Crippen LogP contribution in [0.2, 0.25) is 20.1 Å². The molecule has 0 unspecified atom stereocenters. The second-order valence-corrected chi connectivity index (χ2v) is 37.3. The Morgan fingerprint density at radius 1 is 0.421 bits per heavy atom. The van der Waals surface area contributed by atoms with Gasteiger partial charge in [0.05, 0.1) is 81.8 Å². The Labute approximate surface area is 840 Å². The first-order chi connectivity index (χ1) is 68.2. The Morgan fingerprint density at radius 2 is 0.717 bits per heavy atom. The van der Waals surface area contributed by atoms with Gasteiger partial charge in [-0.05, 0) is 103 Å². The predicted octanol–water partition coefficient (Wildman–Crippen LogP) is 15.3. The third kappa shape index (κ3) is 25.4. The summed E-state index contributed by atoms with van der Waals surface area (Å²) in [4.78, 5) is 134. The number of carbonyl (C=O) groups excluding carboxylic acids is 4. The van der Waals surface area contributed by atoms with Crippen molar-refractivity contribution in [2.24, 2.45) is 20.0 Å². The first kappa shape index (κ1) is 109. The number of methoxy groups -OCH3 is 4. The molecule has 4 aromatic carbocycles. The summed E-state index contributed by atoms with van der Waals surface area (Å²) in [6, 6.07) is 10.9. The Bertz CT molecular complexity index is 6530. The smallest absolute Gasteiger partial charge is 0.338 e. The highest BCUT2D eigenvalue weighted by molar-refractivity contribution is 7.12. The summed E-state index contributed by atoms with van der Waals surface area (Å²) in [7, 11) is 4.44. The van der Waals surface area contributed by atoms with E-state index in [1.54, 1.807) is 19.1 Å². The Balaban J connectivity index is 0.000000162. The lowest BCUT2D eigenvalue weighted by Gasteiger charge is -2.31. The van der Waals surface area contributed by atoms with Crippen LogP contribution < -0.4 is 21.3 Å². The van der Waals surface area contributed by atoms with E-state index in [9.17, 15) is 125 Å². The number of pyridine rings is 2. The van der Waals surface area contributed by atoms with Gasteiger partial charge in [-0.3, -0.25) is 63.7 Å². The summed E-state index contributed by atoms with van der Waals surface area (Å²) < 4.78 is 230. The van der Waals surface area contributed by atoms with Gasteiger partial charge in [-0.1, -0.05) is 76.7 Å². The van der Waals surface area contributed by atoms with Gasteiger partial charge in [-0.2, -0.15) is 8.78 Å². The number of carbonyl (C=O) groups is 8. The van der Waals surface area contributed by atoms with Crippen molar-refractivity contribution < 1.29 is 144 Å². The molecular formula is C93H82Cl4F15N15O16S2. The van der Waals surface area contributed by atoms with E-state index in [-0.39, 0.29) is 123 Å². The summed E-state index contributed by atoms with van der Waals surface area (Å²) in [6.07, 6.45) is -0.751. The van der Waals surface area contributed by atoms with Crippen LogP contribution >= 0.6 is 69.1 Å². The molecule has 0 saturated carbocycles. The number of esters is 4. The first-order valence-electron chi connectivity index (χ1n) is 43.0. The van der Waals surface area contributed by atoms with Gasteiger partial charge in [0.25, 0.3) is 29.6 Å². The van der Waals surface area contributed by atoms with Gasteiger partial charge in [-0.15, -0.1) is 22.7 Å². The number of thiazole rings is 1. The van der Waals surface area contributed by atoms with Crippen LogP contribution in [-0.2, 0) is 63.2 Å². The maximum atomic E-state index is 14.6. The van der Waals surface area contributed by atoms with E-state index in [1.165, 1.54) is 60.1 Å². The van der Waals surface area contributed by atoms with Crippen LogP contribution in [0.15, 0.2) is 191 Å². The monoisotopic (exact) mass is 2150 g/mol. The second-order valence-electron chi connectivity index (χ2n) is 33.9. The number of halogens is 19. The number of carboxylic acids is 4. The average molecular weight is 2160 g/mol. The van der Waals surface area contributed by atoms with Crippen LogP contribution in [0.4, 0.5) is 65.9 Å². The molecule has 0 aliphatic carbocycles. The molecule has 31 nitrogen and oxygen atoms in total. The van der Waals surface area contributed by atoms with E-state index in [0.717, 1.165) is 124 Å². The van der Waals surface area contributed by atoms with Crippen LogP contribution in [0.1, 0.15) is 117 Å². The lowest BCUT2D eigenvalue weighted by molar-refractivity contribution is -0.143. The zero-order valence-electron chi connectivity index (χ0n) is 76.3. The molecule has 0 amide bonds. The number of nitrogens with zero attached hydrogens (tertiary/aromatic N) is 11.